The second-order valence-electron chi connectivity index (χ2n) is 2.94. The summed E-state index contributed by atoms with van der Waals surface area (Å²) < 4.78 is 0. The van der Waals surface area contributed by atoms with Gasteiger partial charge in [0.15, 0.2) is 5.65 Å². The summed E-state index contributed by atoms with van der Waals surface area (Å²) in [7, 11) is 0. The maximum atomic E-state index is 9.15. The molecule has 1 atom stereocenters. The Morgan fingerprint density at radius 2 is 2.36 bits per heavy atom. The SMILES string of the molecule is C[C@H](O)CSc1ncnc2nc[nH]c12. The summed E-state index contributed by atoms with van der Waals surface area (Å²) in [6.07, 6.45) is 2.73. The van der Waals surface area contributed by atoms with Crippen LogP contribution in [0.4, 0.5) is 0 Å². The maximum absolute atomic E-state index is 9.15. The molecule has 2 N–H and O–H groups in total. The van der Waals surface area contributed by atoms with Gasteiger partial charge in [-0.25, -0.2) is 15.0 Å². The summed E-state index contributed by atoms with van der Waals surface area (Å²) in [5, 5.41) is 9.97. The molecule has 0 radical (unpaired) electrons. The highest BCUT2D eigenvalue weighted by Gasteiger charge is 2.07. The van der Waals surface area contributed by atoms with Crippen LogP contribution < -0.4 is 0 Å². The predicted molar refractivity (Wildman–Crippen MR) is 54.1 cm³/mol. The second kappa shape index (κ2) is 3.93. The average Bonchev–Trinajstić information content (AvgIpc) is 2.62. The zero-order valence-corrected chi connectivity index (χ0v) is 8.45. The Morgan fingerprint density at radius 1 is 1.50 bits per heavy atom. The lowest BCUT2D eigenvalue weighted by Crippen LogP contribution is -2.03. The molecule has 0 spiro atoms. The topological polar surface area (TPSA) is 74.7 Å². The summed E-state index contributed by atoms with van der Waals surface area (Å²) in [4.78, 5) is 15.1. The lowest BCUT2D eigenvalue weighted by molar-refractivity contribution is 0.220. The van der Waals surface area contributed by atoms with Crippen molar-refractivity contribution < 1.29 is 5.11 Å². The number of imidazole rings is 1. The Kier molecular flexibility index (Phi) is 2.64. The average molecular weight is 210 g/mol. The molecule has 2 aromatic heterocycles. The van der Waals surface area contributed by atoms with E-state index in [1.54, 1.807) is 13.3 Å². The molecule has 2 rings (SSSR count). The monoisotopic (exact) mass is 210 g/mol. The van der Waals surface area contributed by atoms with Gasteiger partial charge < -0.3 is 10.1 Å². The van der Waals surface area contributed by atoms with E-state index in [9.17, 15) is 0 Å². The van der Waals surface area contributed by atoms with Crippen molar-refractivity contribution >= 4 is 22.9 Å². The van der Waals surface area contributed by atoms with Gasteiger partial charge in [0.1, 0.15) is 16.9 Å². The van der Waals surface area contributed by atoms with Crippen LogP contribution >= 0.6 is 11.8 Å². The van der Waals surface area contributed by atoms with Crippen molar-refractivity contribution in [2.24, 2.45) is 0 Å². The Balaban J connectivity index is 2.27. The number of nitrogens with one attached hydrogen (secondary N) is 1. The summed E-state index contributed by atoms with van der Waals surface area (Å²) in [5.41, 5.74) is 1.49. The largest absolute Gasteiger partial charge is 0.393 e. The molecule has 0 saturated heterocycles. The summed E-state index contributed by atoms with van der Waals surface area (Å²) in [6.45, 7) is 1.75. The van der Waals surface area contributed by atoms with E-state index in [1.165, 1.54) is 18.1 Å². The Morgan fingerprint density at radius 3 is 3.14 bits per heavy atom. The van der Waals surface area contributed by atoms with E-state index in [0.717, 1.165) is 10.5 Å². The highest BCUT2D eigenvalue weighted by Crippen LogP contribution is 2.21. The number of fused-ring (bicyclic) bond motifs is 1. The minimum absolute atomic E-state index is 0.340. The van der Waals surface area contributed by atoms with Crippen LogP contribution in [0.3, 0.4) is 0 Å². The van der Waals surface area contributed by atoms with Crippen molar-refractivity contribution in [3.05, 3.63) is 12.7 Å². The van der Waals surface area contributed by atoms with Gasteiger partial charge in [0, 0.05) is 5.75 Å². The van der Waals surface area contributed by atoms with Crippen LogP contribution in [0.2, 0.25) is 0 Å². The zero-order chi connectivity index (χ0) is 9.97. The molecular formula is C8H10N4OS. The van der Waals surface area contributed by atoms with E-state index in [1.807, 2.05) is 0 Å². The molecule has 6 heteroatoms. The van der Waals surface area contributed by atoms with E-state index >= 15 is 0 Å². The minimum Gasteiger partial charge on any atom is -0.393 e. The molecule has 0 bridgehead atoms. The first-order valence-corrected chi connectivity index (χ1v) is 5.21. The Labute approximate surface area is 85.0 Å². The van der Waals surface area contributed by atoms with E-state index in [4.69, 9.17) is 5.11 Å². The van der Waals surface area contributed by atoms with Crippen molar-refractivity contribution in [3.8, 4) is 0 Å². The minimum atomic E-state index is -0.340. The summed E-state index contributed by atoms with van der Waals surface area (Å²) >= 11 is 1.49. The molecule has 5 nitrogen and oxygen atoms in total. The molecule has 0 aliphatic rings. The summed E-state index contributed by atoms with van der Waals surface area (Å²) in [5.74, 6) is 0.616. The van der Waals surface area contributed by atoms with Crippen LogP contribution in [0, 0.1) is 0 Å². The molecule has 2 heterocycles. The van der Waals surface area contributed by atoms with Crippen LogP contribution in [0.15, 0.2) is 17.7 Å². The highest BCUT2D eigenvalue weighted by atomic mass is 32.2. The Bertz CT molecular complexity index is 428. The molecule has 2 aromatic rings. The molecular weight excluding hydrogens is 200 g/mol. The molecule has 14 heavy (non-hydrogen) atoms. The number of nitrogens with zero attached hydrogens (tertiary/aromatic N) is 3. The third-order valence-electron chi connectivity index (χ3n) is 1.65. The number of aliphatic hydroxyl groups is 1. The smallest absolute Gasteiger partial charge is 0.181 e. The first-order valence-electron chi connectivity index (χ1n) is 4.22. The van der Waals surface area contributed by atoms with Crippen molar-refractivity contribution in [1.82, 2.24) is 19.9 Å². The standard InChI is InChI=1S/C8H10N4OS/c1-5(13)2-14-8-6-7(10-3-9-6)11-4-12-8/h3-5,13H,2H2,1H3,(H,9,10,11,12)/t5-/m0/s1. The van der Waals surface area contributed by atoms with E-state index in [2.05, 4.69) is 19.9 Å². The number of aromatic amines is 1. The van der Waals surface area contributed by atoms with Crippen LogP contribution in [0.25, 0.3) is 11.2 Å². The van der Waals surface area contributed by atoms with Gasteiger partial charge in [-0.3, -0.25) is 0 Å². The summed E-state index contributed by atoms with van der Waals surface area (Å²) in [6, 6.07) is 0. The van der Waals surface area contributed by atoms with Gasteiger partial charge in [0.05, 0.1) is 12.4 Å². The number of H-pyrrole nitrogens is 1. The first kappa shape index (κ1) is 9.42. The second-order valence-corrected chi connectivity index (χ2v) is 3.95. The maximum Gasteiger partial charge on any atom is 0.181 e. The molecule has 0 amide bonds. The molecule has 0 unspecified atom stereocenters. The number of hydrogen-bond acceptors (Lipinski definition) is 5. The zero-order valence-electron chi connectivity index (χ0n) is 7.64. The van der Waals surface area contributed by atoms with Crippen molar-refractivity contribution in [2.45, 2.75) is 18.1 Å². The molecule has 0 aliphatic heterocycles. The number of hydrogen-bond donors (Lipinski definition) is 2. The van der Waals surface area contributed by atoms with Gasteiger partial charge in [-0.2, -0.15) is 0 Å². The van der Waals surface area contributed by atoms with Gasteiger partial charge in [0.2, 0.25) is 0 Å². The molecule has 0 saturated carbocycles. The number of aliphatic hydroxyl groups excluding tert-OH is 1. The predicted octanol–water partition coefficient (Wildman–Crippen LogP) is 0.826. The normalized spacial score (nSPS) is 13.3. The first-order chi connectivity index (χ1) is 6.77. The van der Waals surface area contributed by atoms with Gasteiger partial charge in [-0.15, -0.1) is 11.8 Å². The fourth-order valence-corrected chi connectivity index (χ4v) is 1.87. The van der Waals surface area contributed by atoms with Crippen LogP contribution in [-0.4, -0.2) is 36.9 Å². The van der Waals surface area contributed by atoms with Crippen LogP contribution in [-0.2, 0) is 0 Å². The Hall–Kier alpha value is -1.14. The van der Waals surface area contributed by atoms with Gasteiger partial charge >= 0.3 is 0 Å². The fraction of sp³-hybridized carbons (Fsp3) is 0.375. The van der Waals surface area contributed by atoms with Gasteiger partial charge in [-0.1, -0.05) is 0 Å². The van der Waals surface area contributed by atoms with Crippen molar-refractivity contribution in [1.29, 1.82) is 0 Å². The fourth-order valence-electron chi connectivity index (χ4n) is 1.05. The van der Waals surface area contributed by atoms with E-state index in [-0.39, 0.29) is 6.10 Å². The third kappa shape index (κ3) is 1.85. The molecule has 74 valence electrons. The van der Waals surface area contributed by atoms with E-state index in [0.29, 0.717) is 11.4 Å². The molecule has 0 fully saturated rings. The lowest BCUT2D eigenvalue weighted by atomic mass is 10.5. The van der Waals surface area contributed by atoms with Crippen molar-refractivity contribution in [3.63, 3.8) is 0 Å². The van der Waals surface area contributed by atoms with E-state index < -0.39 is 0 Å². The number of rotatable bonds is 3. The number of aromatic nitrogens is 4. The lowest BCUT2D eigenvalue weighted by Gasteiger charge is -2.02. The molecule has 0 aliphatic carbocycles. The highest BCUT2D eigenvalue weighted by molar-refractivity contribution is 7.99. The van der Waals surface area contributed by atoms with Gasteiger partial charge in [0.25, 0.3) is 0 Å². The van der Waals surface area contributed by atoms with Gasteiger partial charge in [-0.05, 0) is 6.92 Å². The number of thioether (sulfide) groups is 1. The van der Waals surface area contributed by atoms with Crippen LogP contribution in [0.5, 0.6) is 0 Å². The molecule has 0 aromatic carbocycles. The van der Waals surface area contributed by atoms with Crippen molar-refractivity contribution in [2.75, 3.05) is 5.75 Å². The third-order valence-corrected chi connectivity index (χ3v) is 2.88. The van der Waals surface area contributed by atoms with Crippen LogP contribution in [0.1, 0.15) is 6.92 Å². The quantitative estimate of drug-likeness (QED) is 0.579.